The topological polar surface area (TPSA) is 66.8 Å². The number of carboxylic acid groups (broad SMARTS) is 1. The van der Waals surface area contributed by atoms with Crippen molar-refractivity contribution >= 4 is 11.9 Å². The van der Waals surface area contributed by atoms with Crippen LogP contribution in [0.15, 0.2) is 24.3 Å². The molecular formula is C16H21NO4. The Kier molecular flexibility index (Phi) is 5.20. The molecule has 1 atom stereocenters. The second-order valence-electron chi connectivity index (χ2n) is 5.22. The summed E-state index contributed by atoms with van der Waals surface area (Å²) < 4.78 is 5.46. The minimum atomic E-state index is -0.935. The zero-order valence-electron chi connectivity index (χ0n) is 12.2. The molecule has 0 bridgehead atoms. The van der Waals surface area contributed by atoms with Crippen molar-refractivity contribution in [1.29, 1.82) is 0 Å². The number of piperidine rings is 1. The molecule has 0 spiro atoms. The van der Waals surface area contributed by atoms with Crippen LogP contribution in [0.3, 0.4) is 0 Å². The highest BCUT2D eigenvalue weighted by Crippen LogP contribution is 2.18. The molecule has 114 valence electrons. The van der Waals surface area contributed by atoms with E-state index in [-0.39, 0.29) is 12.5 Å². The number of rotatable bonds is 5. The number of hydrogen-bond acceptors (Lipinski definition) is 3. The summed E-state index contributed by atoms with van der Waals surface area (Å²) in [4.78, 5) is 24.7. The van der Waals surface area contributed by atoms with Crippen LogP contribution in [-0.2, 0) is 16.0 Å². The molecule has 2 rings (SSSR count). The summed E-state index contributed by atoms with van der Waals surface area (Å²) in [5, 5.41) is 9.17. The van der Waals surface area contributed by atoms with Gasteiger partial charge in [-0.1, -0.05) is 19.1 Å². The van der Waals surface area contributed by atoms with E-state index in [0.29, 0.717) is 18.7 Å². The second kappa shape index (κ2) is 7.11. The molecule has 0 saturated carbocycles. The Labute approximate surface area is 124 Å². The molecule has 5 heteroatoms. The van der Waals surface area contributed by atoms with Crippen LogP contribution >= 0.6 is 0 Å². The minimum absolute atomic E-state index is 0.116. The number of nitrogens with zero attached hydrogens (tertiary/aromatic N) is 1. The molecule has 1 unspecified atom stereocenters. The highest BCUT2D eigenvalue weighted by Gasteiger charge is 2.31. The van der Waals surface area contributed by atoms with E-state index in [1.165, 1.54) is 10.5 Å². The number of likely N-dealkylation sites (tertiary alicyclic amines) is 1. The quantitative estimate of drug-likeness (QED) is 0.902. The Morgan fingerprint density at radius 2 is 2.00 bits per heavy atom. The third kappa shape index (κ3) is 3.97. The van der Waals surface area contributed by atoms with Crippen LogP contribution in [0.4, 0.5) is 0 Å². The SMILES string of the molecule is CCc1ccc(OCC(=O)N2CCCCC2C(=O)O)cc1. The monoisotopic (exact) mass is 291 g/mol. The first kappa shape index (κ1) is 15.4. The van der Waals surface area contributed by atoms with Crippen LogP contribution in [0.2, 0.25) is 0 Å². The number of ether oxygens (including phenoxy) is 1. The van der Waals surface area contributed by atoms with Crippen LogP contribution in [0, 0.1) is 0 Å². The van der Waals surface area contributed by atoms with Crippen LogP contribution in [0.1, 0.15) is 31.7 Å². The van der Waals surface area contributed by atoms with Gasteiger partial charge in [0, 0.05) is 6.54 Å². The van der Waals surface area contributed by atoms with E-state index < -0.39 is 12.0 Å². The van der Waals surface area contributed by atoms with Gasteiger partial charge in [-0.25, -0.2) is 4.79 Å². The average Bonchev–Trinajstić information content (AvgIpc) is 2.53. The summed E-state index contributed by atoms with van der Waals surface area (Å²) in [7, 11) is 0. The number of benzene rings is 1. The molecule has 0 radical (unpaired) electrons. The van der Waals surface area contributed by atoms with Crippen molar-refractivity contribution in [1.82, 2.24) is 4.90 Å². The number of carbonyl (C=O) groups is 2. The normalized spacial score (nSPS) is 18.3. The van der Waals surface area contributed by atoms with E-state index in [9.17, 15) is 9.59 Å². The summed E-state index contributed by atoms with van der Waals surface area (Å²) in [6, 6.07) is 6.87. The smallest absolute Gasteiger partial charge is 0.326 e. The standard InChI is InChI=1S/C16H21NO4/c1-2-12-6-8-13(9-7-12)21-11-15(18)17-10-4-3-5-14(17)16(19)20/h6-9,14H,2-5,10-11H2,1H3,(H,19,20). The first-order valence-corrected chi connectivity index (χ1v) is 7.36. The van der Waals surface area contributed by atoms with E-state index in [1.54, 1.807) is 0 Å². The number of carbonyl (C=O) groups excluding carboxylic acids is 1. The van der Waals surface area contributed by atoms with Crippen LogP contribution in [0.5, 0.6) is 5.75 Å². The molecule has 1 aliphatic heterocycles. The van der Waals surface area contributed by atoms with E-state index in [1.807, 2.05) is 24.3 Å². The Hall–Kier alpha value is -2.04. The number of aryl methyl sites for hydroxylation is 1. The van der Waals surface area contributed by atoms with E-state index in [0.717, 1.165) is 19.3 Å². The highest BCUT2D eigenvalue weighted by molar-refractivity contribution is 5.84. The van der Waals surface area contributed by atoms with Crippen LogP contribution in [0.25, 0.3) is 0 Å². The third-order valence-corrected chi connectivity index (χ3v) is 3.80. The zero-order valence-corrected chi connectivity index (χ0v) is 12.2. The van der Waals surface area contributed by atoms with Gasteiger partial charge in [0.05, 0.1) is 0 Å². The van der Waals surface area contributed by atoms with E-state index in [2.05, 4.69) is 6.92 Å². The Bertz CT molecular complexity index is 498. The van der Waals surface area contributed by atoms with Gasteiger partial charge in [0.25, 0.3) is 5.91 Å². The van der Waals surface area contributed by atoms with Crippen molar-refractivity contribution in [2.75, 3.05) is 13.2 Å². The maximum atomic E-state index is 12.1. The minimum Gasteiger partial charge on any atom is -0.484 e. The van der Waals surface area contributed by atoms with Crippen molar-refractivity contribution < 1.29 is 19.4 Å². The molecule has 21 heavy (non-hydrogen) atoms. The van der Waals surface area contributed by atoms with Gasteiger partial charge in [-0.3, -0.25) is 4.79 Å². The van der Waals surface area contributed by atoms with Gasteiger partial charge in [-0.2, -0.15) is 0 Å². The molecular weight excluding hydrogens is 270 g/mol. The molecule has 1 N–H and O–H groups in total. The predicted octanol–water partition coefficient (Wildman–Crippen LogP) is 2.09. The van der Waals surface area contributed by atoms with Crippen molar-refractivity contribution in [2.45, 2.75) is 38.6 Å². The van der Waals surface area contributed by atoms with Crippen molar-refractivity contribution in [3.8, 4) is 5.75 Å². The molecule has 1 aromatic carbocycles. The summed E-state index contributed by atoms with van der Waals surface area (Å²) in [6.07, 6.45) is 3.17. The number of amides is 1. The maximum Gasteiger partial charge on any atom is 0.326 e. The lowest BCUT2D eigenvalue weighted by molar-refractivity contribution is -0.152. The van der Waals surface area contributed by atoms with Gasteiger partial charge in [0.1, 0.15) is 11.8 Å². The van der Waals surface area contributed by atoms with Gasteiger partial charge >= 0.3 is 5.97 Å². The molecule has 1 amide bonds. The fourth-order valence-electron chi connectivity index (χ4n) is 2.54. The lowest BCUT2D eigenvalue weighted by atomic mass is 10.0. The lowest BCUT2D eigenvalue weighted by Gasteiger charge is -2.32. The largest absolute Gasteiger partial charge is 0.484 e. The number of hydrogen-bond donors (Lipinski definition) is 1. The summed E-state index contributed by atoms with van der Waals surface area (Å²) in [5.74, 6) is -0.568. The van der Waals surface area contributed by atoms with Crippen LogP contribution < -0.4 is 4.74 Å². The molecule has 1 heterocycles. The fourth-order valence-corrected chi connectivity index (χ4v) is 2.54. The third-order valence-electron chi connectivity index (χ3n) is 3.80. The van der Waals surface area contributed by atoms with Crippen LogP contribution in [-0.4, -0.2) is 41.1 Å². The van der Waals surface area contributed by atoms with Gasteiger partial charge < -0.3 is 14.7 Å². The predicted molar refractivity (Wildman–Crippen MR) is 78.3 cm³/mol. The molecule has 1 aromatic rings. The second-order valence-corrected chi connectivity index (χ2v) is 5.22. The van der Waals surface area contributed by atoms with E-state index in [4.69, 9.17) is 9.84 Å². The highest BCUT2D eigenvalue weighted by atomic mass is 16.5. The lowest BCUT2D eigenvalue weighted by Crippen LogP contribution is -2.49. The molecule has 1 fully saturated rings. The summed E-state index contributed by atoms with van der Waals surface area (Å²) in [5.41, 5.74) is 1.20. The Morgan fingerprint density at radius 1 is 1.29 bits per heavy atom. The van der Waals surface area contributed by atoms with Gasteiger partial charge in [-0.15, -0.1) is 0 Å². The Morgan fingerprint density at radius 3 is 2.62 bits per heavy atom. The molecule has 0 aromatic heterocycles. The number of aliphatic carboxylic acids is 1. The first-order valence-electron chi connectivity index (χ1n) is 7.36. The van der Waals surface area contributed by atoms with Gasteiger partial charge in [0.2, 0.25) is 0 Å². The van der Waals surface area contributed by atoms with Gasteiger partial charge in [0.15, 0.2) is 6.61 Å². The summed E-state index contributed by atoms with van der Waals surface area (Å²) in [6.45, 7) is 2.45. The molecule has 5 nitrogen and oxygen atoms in total. The molecule has 1 aliphatic rings. The zero-order chi connectivity index (χ0) is 15.2. The van der Waals surface area contributed by atoms with Crippen molar-refractivity contribution in [2.24, 2.45) is 0 Å². The van der Waals surface area contributed by atoms with Crippen molar-refractivity contribution in [3.63, 3.8) is 0 Å². The van der Waals surface area contributed by atoms with Crippen molar-refractivity contribution in [3.05, 3.63) is 29.8 Å². The van der Waals surface area contributed by atoms with Gasteiger partial charge in [-0.05, 0) is 43.4 Å². The molecule has 0 aliphatic carbocycles. The van der Waals surface area contributed by atoms with E-state index >= 15 is 0 Å². The first-order chi connectivity index (χ1) is 10.1. The Balaban J connectivity index is 1.91. The maximum absolute atomic E-state index is 12.1. The average molecular weight is 291 g/mol. The number of carboxylic acids is 1. The fraction of sp³-hybridized carbons (Fsp3) is 0.500. The summed E-state index contributed by atoms with van der Waals surface area (Å²) >= 11 is 0. The molecule has 1 saturated heterocycles.